The zero-order chi connectivity index (χ0) is 22.1. The van der Waals surface area contributed by atoms with Crippen LogP contribution in [0.3, 0.4) is 0 Å². The molecule has 1 aromatic heterocycles. The molecule has 2 aromatic carbocycles. The van der Waals surface area contributed by atoms with Gasteiger partial charge in [0.15, 0.2) is 5.76 Å². The number of halogens is 1. The van der Waals surface area contributed by atoms with Crippen LogP contribution in [0.4, 0.5) is 0 Å². The zero-order valence-electron chi connectivity index (χ0n) is 18.7. The molecule has 2 aliphatic heterocycles. The maximum Gasteiger partial charge on any atom is 0.167 e. The molecule has 0 N–H and O–H groups in total. The summed E-state index contributed by atoms with van der Waals surface area (Å²) in [5.41, 5.74) is 3.12. The molecule has 3 atom stereocenters. The first-order valence-electron chi connectivity index (χ1n) is 11.4. The second-order valence-electron chi connectivity index (χ2n) is 9.27. The summed E-state index contributed by atoms with van der Waals surface area (Å²) in [6, 6.07) is 19.5. The summed E-state index contributed by atoms with van der Waals surface area (Å²) in [7, 11) is 4.36. The van der Waals surface area contributed by atoms with E-state index in [0.29, 0.717) is 29.8 Å². The van der Waals surface area contributed by atoms with Crippen molar-refractivity contribution in [2.24, 2.45) is 0 Å². The number of hydrogen-bond acceptors (Lipinski definition) is 5. The van der Waals surface area contributed by atoms with Crippen molar-refractivity contribution in [1.29, 1.82) is 0 Å². The summed E-state index contributed by atoms with van der Waals surface area (Å²) >= 11 is 5.97. The third kappa shape index (κ3) is 4.85. The Morgan fingerprint density at radius 3 is 2.56 bits per heavy atom. The smallest absolute Gasteiger partial charge is 0.167 e. The fourth-order valence-corrected chi connectivity index (χ4v) is 5.27. The van der Waals surface area contributed by atoms with Crippen LogP contribution in [0.2, 0.25) is 5.02 Å². The monoisotopic (exact) mass is 451 g/mol. The summed E-state index contributed by atoms with van der Waals surface area (Å²) in [4.78, 5) is 4.78. The zero-order valence-corrected chi connectivity index (χ0v) is 19.5. The molecule has 0 spiro atoms. The molecule has 0 amide bonds. The molecule has 0 unspecified atom stereocenters. The van der Waals surface area contributed by atoms with Crippen molar-refractivity contribution in [3.8, 4) is 17.1 Å². The Hall–Kier alpha value is -2.34. The Kier molecular flexibility index (Phi) is 6.22. The van der Waals surface area contributed by atoms with Gasteiger partial charge >= 0.3 is 0 Å². The van der Waals surface area contributed by atoms with Crippen LogP contribution in [0.5, 0.6) is 5.75 Å². The number of ether oxygens (including phenoxy) is 1. The maximum absolute atomic E-state index is 6.40. The number of aromatic nitrogens is 1. The third-order valence-corrected chi connectivity index (χ3v) is 7.08. The predicted octanol–water partition coefficient (Wildman–Crippen LogP) is 5.63. The van der Waals surface area contributed by atoms with Crippen LogP contribution in [0.15, 0.2) is 59.1 Å². The number of rotatable bonds is 7. The van der Waals surface area contributed by atoms with Gasteiger partial charge in [0, 0.05) is 41.8 Å². The highest BCUT2D eigenvalue weighted by Crippen LogP contribution is 2.36. The maximum atomic E-state index is 6.40. The van der Waals surface area contributed by atoms with Gasteiger partial charge in [-0.2, -0.15) is 0 Å². The average molecular weight is 452 g/mol. The minimum absolute atomic E-state index is 0.332. The van der Waals surface area contributed by atoms with Crippen LogP contribution in [0, 0.1) is 0 Å². The Balaban J connectivity index is 1.17. The van der Waals surface area contributed by atoms with E-state index in [9.17, 15) is 0 Å². The van der Waals surface area contributed by atoms with Gasteiger partial charge in [0.1, 0.15) is 11.9 Å². The molecule has 2 bridgehead atoms. The van der Waals surface area contributed by atoms with E-state index < -0.39 is 0 Å². The van der Waals surface area contributed by atoms with E-state index in [1.165, 1.54) is 18.4 Å². The first-order valence-corrected chi connectivity index (χ1v) is 11.8. The van der Waals surface area contributed by atoms with Crippen molar-refractivity contribution >= 4 is 11.6 Å². The molecule has 6 heteroatoms. The Morgan fingerprint density at radius 2 is 1.81 bits per heavy atom. The van der Waals surface area contributed by atoms with Gasteiger partial charge in [-0.1, -0.05) is 28.9 Å². The second-order valence-corrected chi connectivity index (χ2v) is 9.71. The number of fused-ring (bicyclic) bond motifs is 2. The Bertz CT molecular complexity index is 1040. The standard InChI is InChI=1S/C26H30ClN3O2/c1-29(17-21-13-26(32-28-21)19-6-8-20(27)9-7-19)16-18-4-3-5-24(12-18)31-25-14-22-10-11-23(15-25)30(22)2/h3-9,12-13,22-23,25H,10-11,14-17H2,1-2H3/t22-,23+,25-. The summed E-state index contributed by atoms with van der Waals surface area (Å²) in [6.45, 7) is 1.53. The van der Waals surface area contributed by atoms with Crippen LogP contribution in [-0.2, 0) is 13.1 Å². The first kappa shape index (κ1) is 21.5. The summed E-state index contributed by atoms with van der Waals surface area (Å²) < 4.78 is 11.9. The molecule has 3 heterocycles. The number of benzene rings is 2. The average Bonchev–Trinajstić information content (AvgIpc) is 3.29. The van der Waals surface area contributed by atoms with Crippen LogP contribution in [-0.4, -0.2) is 47.2 Å². The Morgan fingerprint density at radius 1 is 1.06 bits per heavy atom. The molecule has 5 rings (SSSR count). The summed E-state index contributed by atoms with van der Waals surface area (Å²) in [5, 5.41) is 4.95. The molecule has 2 aliphatic rings. The molecular formula is C26H30ClN3O2. The van der Waals surface area contributed by atoms with Gasteiger partial charge < -0.3 is 14.2 Å². The number of piperidine rings is 1. The van der Waals surface area contributed by atoms with Crippen molar-refractivity contribution in [1.82, 2.24) is 15.0 Å². The molecule has 2 saturated heterocycles. The van der Waals surface area contributed by atoms with Crippen molar-refractivity contribution in [2.45, 2.75) is 57.0 Å². The van der Waals surface area contributed by atoms with Gasteiger partial charge in [-0.25, -0.2) is 0 Å². The number of hydrogen-bond donors (Lipinski definition) is 0. The van der Waals surface area contributed by atoms with Crippen LogP contribution in [0.1, 0.15) is 36.9 Å². The van der Waals surface area contributed by atoms with Crippen molar-refractivity contribution < 1.29 is 9.26 Å². The van der Waals surface area contributed by atoms with E-state index in [2.05, 4.69) is 53.3 Å². The lowest BCUT2D eigenvalue weighted by molar-refractivity contribution is 0.0661. The molecule has 5 nitrogen and oxygen atoms in total. The second kappa shape index (κ2) is 9.26. The lowest BCUT2D eigenvalue weighted by Gasteiger charge is -2.36. The third-order valence-electron chi connectivity index (χ3n) is 6.83. The van der Waals surface area contributed by atoms with Crippen molar-refractivity contribution in [3.05, 3.63) is 70.9 Å². The molecule has 0 radical (unpaired) electrons. The fourth-order valence-electron chi connectivity index (χ4n) is 5.15. The van der Waals surface area contributed by atoms with E-state index in [1.54, 1.807) is 0 Å². The first-order chi connectivity index (χ1) is 15.5. The summed E-state index contributed by atoms with van der Waals surface area (Å²) in [5.74, 6) is 1.74. The van der Waals surface area contributed by atoms with Gasteiger partial charge in [0.25, 0.3) is 0 Å². The van der Waals surface area contributed by atoms with E-state index in [1.807, 2.05) is 30.3 Å². The highest BCUT2D eigenvalue weighted by molar-refractivity contribution is 6.30. The molecule has 168 valence electrons. The van der Waals surface area contributed by atoms with E-state index in [4.69, 9.17) is 20.9 Å². The summed E-state index contributed by atoms with van der Waals surface area (Å²) in [6.07, 6.45) is 5.23. The largest absolute Gasteiger partial charge is 0.490 e. The molecule has 0 saturated carbocycles. The lowest BCUT2D eigenvalue weighted by atomic mass is 10.0. The lowest BCUT2D eigenvalue weighted by Crippen LogP contribution is -2.43. The van der Waals surface area contributed by atoms with E-state index in [0.717, 1.165) is 42.2 Å². The van der Waals surface area contributed by atoms with Crippen LogP contribution in [0.25, 0.3) is 11.3 Å². The predicted molar refractivity (Wildman–Crippen MR) is 127 cm³/mol. The molecule has 32 heavy (non-hydrogen) atoms. The van der Waals surface area contributed by atoms with E-state index >= 15 is 0 Å². The van der Waals surface area contributed by atoms with Crippen molar-refractivity contribution in [3.63, 3.8) is 0 Å². The van der Waals surface area contributed by atoms with Crippen molar-refractivity contribution in [2.75, 3.05) is 14.1 Å². The highest BCUT2D eigenvalue weighted by Gasteiger charge is 2.39. The SMILES string of the molecule is CN(Cc1cccc(O[C@@H]2C[C@H]3CC[C@@H](C2)N3C)c1)Cc1cc(-c2ccc(Cl)cc2)on1. The van der Waals surface area contributed by atoms with Gasteiger partial charge in [-0.05, 0) is 81.7 Å². The van der Waals surface area contributed by atoms with Crippen LogP contribution >= 0.6 is 11.6 Å². The minimum atomic E-state index is 0.332. The minimum Gasteiger partial charge on any atom is -0.490 e. The van der Waals surface area contributed by atoms with E-state index in [-0.39, 0.29) is 0 Å². The quantitative estimate of drug-likeness (QED) is 0.465. The molecule has 3 aromatic rings. The van der Waals surface area contributed by atoms with Gasteiger partial charge in [-0.3, -0.25) is 4.90 Å². The van der Waals surface area contributed by atoms with Gasteiger partial charge in [-0.15, -0.1) is 0 Å². The highest BCUT2D eigenvalue weighted by atomic mass is 35.5. The topological polar surface area (TPSA) is 41.7 Å². The molecule has 2 fully saturated rings. The molecule has 0 aliphatic carbocycles. The number of nitrogens with zero attached hydrogens (tertiary/aromatic N) is 3. The van der Waals surface area contributed by atoms with Gasteiger partial charge in [0.05, 0.1) is 5.69 Å². The molecular weight excluding hydrogens is 422 g/mol. The Labute approximate surface area is 194 Å². The van der Waals surface area contributed by atoms with Crippen LogP contribution < -0.4 is 4.74 Å². The fraction of sp³-hybridized carbons (Fsp3) is 0.423. The van der Waals surface area contributed by atoms with Gasteiger partial charge in [0.2, 0.25) is 0 Å². The normalized spacial score (nSPS) is 23.1.